The van der Waals surface area contributed by atoms with Crippen LogP contribution >= 0.6 is 0 Å². The van der Waals surface area contributed by atoms with Crippen LogP contribution in [-0.4, -0.2) is 32.7 Å². The van der Waals surface area contributed by atoms with E-state index in [1.807, 2.05) is 12.1 Å². The summed E-state index contributed by atoms with van der Waals surface area (Å²) in [6.07, 6.45) is 4.05. The smallest absolute Gasteiger partial charge is 0.220 e. The quantitative estimate of drug-likeness (QED) is 0.810. The van der Waals surface area contributed by atoms with Gasteiger partial charge in [-0.05, 0) is 36.3 Å². The van der Waals surface area contributed by atoms with Crippen LogP contribution in [0.25, 0.3) is 0 Å². The molecule has 1 aromatic carbocycles. The Balaban J connectivity index is 1.47. The highest BCUT2D eigenvalue weighted by Gasteiger charge is 2.42. The van der Waals surface area contributed by atoms with E-state index in [0.29, 0.717) is 17.8 Å². The molecule has 1 aliphatic carbocycles. The third-order valence-electron chi connectivity index (χ3n) is 4.83. The lowest BCUT2D eigenvalue weighted by molar-refractivity contribution is -0.121. The number of nitrogens with one attached hydrogen (secondary N) is 2. The van der Waals surface area contributed by atoms with Gasteiger partial charge in [0, 0.05) is 44.8 Å². The van der Waals surface area contributed by atoms with Crippen LogP contribution in [-0.2, 0) is 9.53 Å². The van der Waals surface area contributed by atoms with E-state index < -0.39 is 0 Å². The van der Waals surface area contributed by atoms with Crippen molar-refractivity contribution in [2.24, 2.45) is 5.41 Å². The molecule has 4 heteroatoms. The van der Waals surface area contributed by atoms with E-state index in [0.717, 1.165) is 26.1 Å². The van der Waals surface area contributed by atoms with E-state index in [1.54, 1.807) is 7.11 Å². The molecule has 0 radical (unpaired) electrons. The molecule has 1 heterocycles. The first-order valence-corrected chi connectivity index (χ1v) is 7.81. The van der Waals surface area contributed by atoms with Gasteiger partial charge in [0.25, 0.3) is 0 Å². The van der Waals surface area contributed by atoms with Gasteiger partial charge in [-0.3, -0.25) is 4.79 Å². The largest absolute Gasteiger partial charge is 0.385 e. The van der Waals surface area contributed by atoms with Crippen molar-refractivity contribution in [2.75, 3.05) is 32.1 Å². The molecule has 0 bridgehead atoms. The van der Waals surface area contributed by atoms with Crippen molar-refractivity contribution in [3.05, 3.63) is 29.8 Å². The normalized spacial score (nSPS) is 21.5. The van der Waals surface area contributed by atoms with Crippen molar-refractivity contribution in [3.8, 4) is 0 Å². The van der Waals surface area contributed by atoms with Crippen molar-refractivity contribution in [1.29, 1.82) is 0 Å². The molecule has 4 nitrogen and oxygen atoms in total. The third-order valence-corrected chi connectivity index (χ3v) is 4.83. The highest BCUT2D eigenvalue weighted by molar-refractivity contribution is 5.78. The predicted molar refractivity (Wildman–Crippen MR) is 83.5 cm³/mol. The summed E-state index contributed by atoms with van der Waals surface area (Å²) in [6, 6.07) is 8.27. The summed E-state index contributed by atoms with van der Waals surface area (Å²) in [4.78, 5) is 12.2. The van der Waals surface area contributed by atoms with E-state index in [-0.39, 0.29) is 5.91 Å². The molecule has 1 aromatic rings. The zero-order chi connectivity index (χ0) is 14.7. The molecule has 1 fully saturated rings. The van der Waals surface area contributed by atoms with Crippen LogP contribution < -0.4 is 10.6 Å². The van der Waals surface area contributed by atoms with Crippen molar-refractivity contribution in [1.82, 2.24) is 5.32 Å². The van der Waals surface area contributed by atoms with Crippen molar-refractivity contribution in [3.63, 3.8) is 0 Å². The Labute approximate surface area is 126 Å². The fourth-order valence-electron chi connectivity index (χ4n) is 3.13. The van der Waals surface area contributed by atoms with Crippen molar-refractivity contribution >= 4 is 11.6 Å². The Kier molecular flexibility index (Phi) is 4.15. The molecule has 2 aliphatic rings. The molecule has 0 spiro atoms. The van der Waals surface area contributed by atoms with Crippen LogP contribution in [0.5, 0.6) is 0 Å². The van der Waals surface area contributed by atoms with E-state index in [4.69, 9.17) is 4.74 Å². The van der Waals surface area contributed by atoms with Gasteiger partial charge < -0.3 is 15.4 Å². The Morgan fingerprint density at radius 1 is 1.43 bits per heavy atom. The van der Waals surface area contributed by atoms with Crippen LogP contribution in [0.15, 0.2) is 24.3 Å². The van der Waals surface area contributed by atoms with Crippen molar-refractivity contribution in [2.45, 2.75) is 31.6 Å². The average molecular weight is 288 g/mol. The number of carbonyl (C=O) groups is 1. The Morgan fingerprint density at radius 3 is 3.00 bits per heavy atom. The number of para-hydroxylation sites is 1. The van der Waals surface area contributed by atoms with Crippen LogP contribution in [0.1, 0.15) is 37.2 Å². The third kappa shape index (κ3) is 3.38. The maximum absolute atomic E-state index is 12.2. The summed E-state index contributed by atoms with van der Waals surface area (Å²) < 4.78 is 5.15. The number of ether oxygens (including phenoxy) is 1. The van der Waals surface area contributed by atoms with Crippen molar-refractivity contribution < 1.29 is 9.53 Å². The first-order valence-electron chi connectivity index (χ1n) is 7.81. The number of amides is 1. The molecule has 3 rings (SSSR count). The minimum absolute atomic E-state index is 0.169. The predicted octanol–water partition coefficient (Wildman–Crippen LogP) is 2.52. The monoisotopic (exact) mass is 288 g/mol. The van der Waals surface area contributed by atoms with Gasteiger partial charge in [0.1, 0.15) is 0 Å². The summed E-state index contributed by atoms with van der Waals surface area (Å²) in [5.41, 5.74) is 2.76. The van der Waals surface area contributed by atoms with E-state index in [2.05, 4.69) is 22.8 Å². The molecule has 1 saturated carbocycles. The molecule has 0 aromatic heterocycles. The van der Waals surface area contributed by atoms with Gasteiger partial charge in [0.2, 0.25) is 5.91 Å². The number of methoxy groups -OCH3 is 1. The van der Waals surface area contributed by atoms with Gasteiger partial charge in [-0.25, -0.2) is 0 Å². The average Bonchev–Trinajstić information content (AvgIpc) is 3.18. The summed E-state index contributed by atoms with van der Waals surface area (Å²) in [7, 11) is 1.74. The zero-order valence-electron chi connectivity index (χ0n) is 12.7. The number of hydrogen-bond donors (Lipinski definition) is 2. The molecule has 2 N–H and O–H groups in total. The molecule has 1 aliphatic heterocycles. The van der Waals surface area contributed by atoms with E-state index in [9.17, 15) is 4.79 Å². The standard InChI is InChI=1S/C17H24N2O2/c1-21-9-8-17(6-7-17)12-19-16(20)10-13-11-18-15-5-3-2-4-14(13)15/h2-5,13,18H,6-12H2,1H3,(H,19,20). The maximum Gasteiger partial charge on any atom is 0.220 e. The van der Waals surface area contributed by atoms with Gasteiger partial charge in [0.15, 0.2) is 0 Å². The topological polar surface area (TPSA) is 50.4 Å². The number of benzene rings is 1. The van der Waals surface area contributed by atoms with Gasteiger partial charge in [0.05, 0.1) is 0 Å². The van der Waals surface area contributed by atoms with Crippen LogP contribution in [0.2, 0.25) is 0 Å². The van der Waals surface area contributed by atoms with Gasteiger partial charge in [-0.15, -0.1) is 0 Å². The molecule has 1 unspecified atom stereocenters. The Bertz CT molecular complexity index is 511. The molecule has 0 saturated heterocycles. The molecule has 21 heavy (non-hydrogen) atoms. The number of carbonyl (C=O) groups excluding carboxylic acids is 1. The first kappa shape index (κ1) is 14.4. The lowest BCUT2D eigenvalue weighted by Crippen LogP contribution is -2.32. The maximum atomic E-state index is 12.2. The molecule has 114 valence electrons. The van der Waals surface area contributed by atoms with Crippen LogP contribution in [0.3, 0.4) is 0 Å². The summed E-state index contributed by atoms with van der Waals surface area (Å²) >= 11 is 0. The minimum atomic E-state index is 0.169. The summed E-state index contributed by atoms with van der Waals surface area (Å²) in [6.45, 7) is 2.45. The van der Waals surface area contributed by atoms with Crippen LogP contribution in [0, 0.1) is 5.41 Å². The SMILES string of the molecule is COCCC1(CNC(=O)CC2CNc3ccccc32)CC1. The number of fused-ring (bicyclic) bond motifs is 1. The highest BCUT2D eigenvalue weighted by Crippen LogP contribution is 2.48. The fourth-order valence-corrected chi connectivity index (χ4v) is 3.13. The Morgan fingerprint density at radius 2 is 2.24 bits per heavy atom. The van der Waals surface area contributed by atoms with Gasteiger partial charge in [-0.1, -0.05) is 18.2 Å². The summed E-state index contributed by atoms with van der Waals surface area (Å²) in [5, 5.41) is 6.50. The number of anilines is 1. The van der Waals surface area contributed by atoms with Gasteiger partial charge in [-0.2, -0.15) is 0 Å². The fraction of sp³-hybridized carbons (Fsp3) is 0.588. The van der Waals surface area contributed by atoms with E-state index >= 15 is 0 Å². The zero-order valence-corrected chi connectivity index (χ0v) is 12.7. The second kappa shape index (κ2) is 6.06. The lowest BCUT2D eigenvalue weighted by atomic mass is 9.97. The molecular formula is C17H24N2O2. The molecule has 1 atom stereocenters. The minimum Gasteiger partial charge on any atom is -0.385 e. The number of rotatable bonds is 7. The van der Waals surface area contributed by atoms with E-state index in [1.165, 1.54) is 24.1 Å². The highest BCUT2D eigenvalue weighted by atomic mass is 16.5. The second-order valence-corrected chi connectivity index (χ2v) is 6.39. The molecule has 1 amide bonds. The molecular weight excluding hydrogens is 264 g/mol. The van der Waals surface area contributed by atoms with Gasteiger partial charge >= 0.3 is 0 Å². The lowest BCUT2D eigenvalue weighted by Gasteiger charge is -2.16. The second-order valence-electron chi connectivity index (χ2n) is 6.39. The van der Waals surface area contributed by atoms with Crippen LogP contribution in [0.4, 0.5) is 5.69 Å². The first-order chi connectivity index (χ1) is 10.2. The number of hydrogen-bond acceptors (Lipinski definition) is 3. The Hall–Kier alpha value is -1.55. The summed E-state index contributed by atoms with van der Waals surface area (Å²) in [5.74, 6) is 0.470.